The number of halogens is 1. The zero-order valence-corrected chi connectivity index (χ0v) is 11.9. The number of benzene rings is 1. The Bertz CT molecular complexity index is 426. The van der Waals surface area contributed by atoms with Crippen molar-refractivity contribution < 1.29 is 5.11 Å². The van der Waals surface area contributed by atoms with Gasteiger partial charge in [-0.1, -0.05) is 15.9 Å². The number of amidine groups is 1. The summed E-state index contributed by atoms with van der Waals surface area (Å²) in [7, 11) is 1.87. The normalized spacial score (nSPS) is 11.4. The highest BCUT2D eigenvalue weighted by Gasteiger charge is 2.18. The van der Waals surface area contributed by atoms with Gasteiger partial charge in [-0.3, -0.25) is 5.41 Å². The first-order valence-corrected chi connectivity index (χ1v) is 6.07. The lowest BCUT2D eigenvalue weighted by Gasteiger charge is -2.28. The Balaban J connectivity index is 3.10. The van der Waals surface area contributed by atoms with Crippen molar-refractivity contribution in [1.82, 2.24) is 0 Å². The Morgan fingerprint density at radius 2 is 2.12 bits per heavy atom. The molecule has 0 unspecified atom stereocenters. The van der Waals surface area contributed by atoms with Crippen molar-refractivity contribution in [3.05, 3.63) is 28.2 Å². The van der Waals surface area contributed by atoms with Gasteiger partial charge >= 0.3 is 0 Å². The fraction of sp³-hybridized carbons (Fsp3) is 0.417. The van der Waals surface area contributed by atoms with Gasteiger partial charge in [0.1, 0.15) is 5.84 Å². The smallest absolute Gasteiger partial charge is 0.124 e. The highest BCUT2D eigenvalue weighted by atomic mass is 79.9. The van der Waals surface area contributed by atoms with Crippen molar-refractivity contribution in [2.75, 3.05) is 18.5 Å². The van der Waals surface area contributed by atoms with E-state index in [1.54, 1.807) is 19.9 Å². The summed E-state index contributed by atoms with van der Waals surface area (Å²) in [5.41, 5.74) is 6.24. The van der Waals surface area contributed by atoms with E-state index < -0.39 is 5.60 Å². The molecule has 0 atom stereocenters. The van der Waals surface area contributed by atoms with Crippen molar-refractivity contribution in [1.29, 1.82) is 5.41 Å². The molecule has 0 aliphatic heterocycles. The monoisotopic (exact) mass is 299 g/mol. The first kappa shape index (κ1) is 14.0. The van der Waals surface area contributed by atoms with E-state index in [1.165, 1.54) is 0 Å². The zero-order valence-electron chi connectivity index (χ0n) is 10.3. The van der Waals surface area contributed by atoms with Crippen LogP contribution in [0.3, 0.4) is 0 Å². The van der Waals surface area contributed by atoms with E-state index in [0.717, 1.165) is 10.2 Å². The fourth-order valence-corrected chi connectivity index (χ4v) is 2.06. The third-order valence-electron chi connectivity index (χ3n) is 2.29. The molecule has 4 N–H and O–H groups in total. The molecule has 0 saturated carbocycles. The lowest BCUT2D eigenvalue weighted by Crippen LogP contribution is -2.37. The van der Waals surface area contributed by atoms with E-state index in [4.69, 9.17) is 11.1 Å². The van der Waals surface area contributed by atoms with Crippen LogP contribution >= 0.6 is 15.9 Å². The highest BCUT2D eigenvalue weighted by molar-refractivity contribution is 9.10. The second-order valence-corrected chi connectivity index (χ2v) is 5.66. The van der Waals surface area contributed by atoms with Gasteiger partial charge in [-0.15, -0.1) is 0 Å². The summed E-state index contributed by atoms with van der Waals surface area (Å²) in [6, 6.07) is 5.53. The molecule has 0 aliphatic rings. The summed E-state index contributed by atoms with van der Waals surface area (Å²) in [6.45, 7) is 3.95. The molecule has 1 aromatic carbocycles. The molecule has 0 aliphatic carbocycles. The first-order chi connectivity index (χ1) is 7.70. The van der Waals surface area contributed by atoms with Crippen LogP contribution < -0.4 is 10.6 Å². The number of likely N-dealkylation sites (N-methyl/N-ethyl adjacent to an activating group) is 1. The molecule has 0 bridgehead atoms. The van der Waals surface area contributed by atoms with Crippen LogP contribution in [-0.4, -0.2) is 30.1 Å². The summed E-state index contributed by atoms with van der Waals surface area (Å²) in [5.74, 6) is 0.0232. The average molecular weight is 300 g/mol. The predicted molar refractivity (Wildman–Crippen MR) is 74.7 cm³/mol. The minimum atomic E-state index is -0.800. The van der Waals surface area contributed by atoms with Crippen LogP contribution in [0.25, 0.3) is 0 Å². The third kappa shape index (κ3) is 4.02. The van der Waals surface area contributed by atoms with Crippen LogP contribution in [0.2, 0.25) is 0 Å². The van der Waals surface area contributed by atoms with Crippen LogP contribution in [0.1, 0.15) is 19.4 Å². The molecule has 0 amide bonds. The predicted octanol–water partition coefficient (Wildman–Crippen LogP) is 1.94. The molecule has 0 heterocycles. The van der Waals surface area contributed by atoms with Crippen molar-refractivity contribution in [3.8, 4) is 0 Å². The summed E-state index contributed by atoms with van der Waals surface area (Å²) in [5, 5.41) is 17.4. The van der Waals surface area contributed by atoms with Gasteiger partial charge in [0.05, 0.1) is 5.60 Å². The van der Waals surface area contributed by atoms with Crippen LogP contribution in [0.15, 0.2) is 22.7 Å². The number of hydrogen-bond donors (Lipinski definition) is 3. The van der Waals surface area contributed by atoms with E-state index in [1.807, 2.05) is 24.1 Å². The van der Waals surface area contributed by atoms with Crippen molar-refractivity contribution >= 4 is 27.5 Å². The van der Waals surface area contributed by atoms with Gasteiger partial charge in [0.2, 0.25) is 0 Å². The standard InChI is InChI=1S/C12H18BrN3O/c1-12(2,17)7-16(3)10-6-8(13)4-5-9(10)11(14)15/h4-6,17H,7H2,1-3H3,(H3,14,15). The molecule has 0 fully saturated rings. The molecule has 1 rings (SSSR count). The van der Waals surface area contributed by atoms with E-state index >= 15 is 0 Å². The van der Waals surface area contributed by atoms with Crippen LogP contribution in [0, 0.1) is 5.41 Å². The quantitative estimate of drug-likeness (QED) is 0.588. The van der Waals surface area contributed by atoms with Crippen LogP contribution in [0.4, 0.5) is 5.69 Å². The minimum Gasteiger partial charge on any atom is -0.389 e. The fourth-order valence-electron chi connectivity index (χ4n) is 1.71. The van der Waals surface area contributed by atoms with E-state index in [0.29, 0.717) is 12.1 Å². The number of nitrogens with two attached hydrogens (primary N) is 1. The average Bonchev–Trinajstić information content (AvgIpc) is 2.14. The Kier molecular flexibility index (Phi) is 4.16. The lowest BCUT2D eigenvalue weighted by molar-refractivity contribution is 0.0886. The van der Waals surface area contributed by atoms with Gasteiger partial charge in [-0.05, 0) is 32.0 Å². The summed E-state index contributed by atoms with van der Waals surface area (Å²) >= 11 is 3.39. The molecule has 1 aromatic rings. The number of hydrogen-bond acceptors (Lipinski definition) is 3. The largest absolute Gasteiger partial charge is 0.389 e. The zero-order chi connectivity index (χ0) is 13.2. The molecule has 5 heteroatoms. The number of nitrogen functional groups attached to an aromatic ring is 1. The second kappa shape index (κ2) is 5.06. The molecular formula is C12H18BrN3O. The van der Waals surface area contributed by atoms with Gasteiger partial charge in [-0.25, -0.2) is 0 Å². The lowest BCUT2D eigenvalue weighted by atomic mass is 10.1. The maximum atomic E-state index is 9.81. The van der Waals surface area contributed by atoms with Crippen molar-refractivity contribution in [2.24, 2.45) is 5.73 Å². The summed E-state index contributed by atoms with van der Waals surface area (Å²) in [6.07, 6.45) is 0. The molecule has 0 aromatic heterocycles. The topological polar surface area (TPSA) is 73.3 Å². The number of rotatable bonds is 4. The highest BCUT2D eigenvalue weighted by Crippen LogP contribution is 2.25. The number of nitrogens with one attached hydrogen (secondary N) is 1. The molecule has 4 nitrogen and oxygen atoms in total. The van der Waals surface area contributed by atoms with Crippen molar-refractivity contribution in [2.45, 2.75) is 19.4 Å². The molecule has 0 saturated heterocycles. The summed E-state index contributed by atoms with van der Waals surface area (Å²) in [4.78, 5) is 1.89. The first-order valence-electron chi connectivity index (χ1n) is 5.28. The van der Waals surface area contributed by atoms with Gasteiger partial charge in [0.15, 0.2) is 0 Å². The van der Waals surface area contributed by atoms with Crippen LogP contribution in [0.5, 0.6) is 0 Å². The van der Waals surface area contributed by atoms with Gasteiger partial charge in [0, 0.05) is 29.3 Å². The van der Waals surface area contributed by atoms with E-state index in [9.17, 15) is 5.11 Å². The molecule has 0 spiro atoms. The molecule has 0 radical (unpaired) electrons. The van der Waals surface area contributed by atoms with Gasteiger partial charge in [-0.2, -0.15) is 0 Å². The Hall–Kier alpha value is -1.07. The number of nitrogens with zero attached hydrogens (tertiary/aromatic N) is 1. The van der Waals surface area contributed by atoms with Crippen LogP contribution in [-0.2, 0) is 0 Å². The van der Waals surface area contributed by atoms with E-state index in [2.05, 4.69) is 15.9 Å². The maximum Gasteiger partial charge on any atom is 0.124 e. The Morgan fingerprint density at radius 3 is 2.59 bits per heavy atom. The van der Waals surface area contributed by atoms with Gasteiger partial charge < -0.3 is 15.7 Å². The molecule has 17 heavy (non-hydrogen) atoms. The second-order valence-electron chi connectivity index (χ2n) is 4.74. The molecule has 94 valence electrons. The maximum absolute atomic E-state index is 9.81. The molecular weight excluding hydrogens is 282 g/mol. The Labute approximate surface area is 110 Å². The van der Waals surface area contributed by atoms with E-state index in [-0.39, 0.29) is 5.84 Å². The van der Waals surface area contributed by atoms with Gasteiger partial charge in [0.25, 0.3) is 0 Å². The number of anilines is 1. The third-order valence-corrected chi connectivity index (χ3v) is 2.78. The Morgan fingerprint density at radius 1 is 1.53 bits per heavy atom. The minimum absolute atomic E-state index is 0.0232. The summed E-state index contributed by atoms with van der Waals surface area (Å²) < 4.78 is 0.917. The van der Waals surface area contributed by atoms with Crippen molar-refractivity contribution in [3.63, 3.8) is 0 Å². The SMILES string of the molecule is CN(CC(C)(C)O)c1cc(Br)ccc1C(=N)N. The number of aliphatic hydroxyl groups is 1.